The molecule has 2 N–H and O–H groups in total. The molecule has 2 saturated heterocycles. The minimum Gasteiger partial charge on any atom is -0.443 e. The van der Waals surface area contributed by atoms with Crippen LogP contribution in [0.2, 0.25) is 0 Å². The van der Waals surface area contributed by atoms with Crippen molar-refractivity contribution in [2.24, 2.45) is 5.73 Å². The molecule has 11 heteroatoms. The van der Waals surface area contributed by atoms with Crippen LogP contribution in [-0.2, 0) is 4.74 Å². The Labute approximate surface area is 187 Å². The maximum Gasteiger partial charge on any atom is 0.414 e. The smallest absolute Gasteiger partial charge is 0.414 e. The van der Waals surface area contributed by atoms with Crippen LogP contribution >= 0.6 is 0 Å². The SMILES string of the molecule is NCC1CN(c2cncc(-n3ccc4cc(C(=O)N5CCC(F)(F)CC5)cnc43)c2)C(=O)O1. The number of amides is 2. The summed E-state index contributed by atoms with van der Waals surface area (Å²) in [7, 11) is 0. The van der Waals surface area contributed by atoms with Gasteiger partial charge in [-0.1, -0.05) is 0 Å². The standard InChI is InChI=1S/C22H22F2N6O3/c23-22(24)2-5-28(6-3-22)20(31)15-7-14-1-4-29(19(14)27-10-15)16-8-17(12-26-11-16)30-13-18(9-25)33-21(30)32/h1,4,7-8,10-12,18H,2-3,5-6,9,13,25H2. The van der Waals surface area contributed by atoms with Crippen LogP contribution in [0.3, 0.4) is 0 Å². The Balaban J connectivity index is 1.40. The quantitative estimate of drug-likeness (QED) is 0.647. The van der Waals surface area contributed by atoms with Crippen LogP contribution in [-0.4, -0.2) is 69.6 Å². The van der Waals surface area contributed by atoms with Gasteiger partial charge in [-0.3, -0.25) is 19.2 Å². The van der Waals surface area contributed by atoms with Gasteiger partial charge in [-0.05, 0) is 18.2 Å². The lowest BCUT2D eigenvalue weighted by molar-refractivity contribution is -0.0494. The Hall–Kier alpha value is -3.60. The van der Waals surface area contributed by atoms with E-state index in [4.69, 9.17) is 10.5 Å². The summed E-state index contributed by atoms with van der Waals surface area (Å²) in [5, 5.41) is 0.720. The Kier molecular flexibility index (Phi) is 5.20. The van der Waals surface area contributed by atoms with E-state index in [1.54, 1.807) is 35.3 Å². The van der Waals surface area contributed by atoms with Gasteiger partial charge in [0.2, 0.25) is 0 Å². The first-order chi connectivity index (χ1) is 15.8. The van der Waals surface area contributed by atoms with E-state index < -0.39 is 12.0 Å². The fourth-order valence-electron chi connectivity index (χ4n) is 4.12. The van der Waals surface area contributed by atoms with E-state index in [0.717, 1.165) is 5.39 Å². The third-order valence-electron chi connectivity index (χ3n) is 5.99. The summed E-state index contributed by atoms with van der Waals surface area (Å²) >= 11 is 0. The predicted molar refractivity (Wildman–Crippen MR) is 116 cm³/mol. The molecular weight excluding hydrogens is 434 g/mol. The minimum atomic E-state index is -2.71. The molecule has 0 radical (unpaired) electrons. The molecule has 0 aliphatic carbocycles. The molecule has 5 heterocycles. The number of ether oxygens (including phenoxy) is 1. The summed E-state index contributed by atoms with van der Waals surface area (Å²) in [6, 6.07) is 5.31. The first-order valence-electron chi connectivity index (χ1n) is 10.6. The zero-order chi connectivity index (χ0) is 23.2. The van der Waals surface area contributed by atoms with Gasteiger partial charge in [0.25, 0.3) is 11.8 Å². The fourth-order valence-corrected chi connectivity index (χ4v) is 4.12. The van der Waals surface area contributed by atoms with Crippen molar-refractivity contribution in [3.05, 3.63) is 48.5 Å². The number of nitrogens with two attached hydrogens (primary N) is 1. The number of alkyl halides is 2. The molecule has 1 unspecified atom stereocenters. The van der Waals surface area contributed by atoms with Crippen molar-refractivity contribution in [1.82, 2.24) is 19.4 Å². The van der Waals surface area contributed by atoms with Crippen molar-refractivity contribution in [3.8, 4) is 5.69 Å². The van der Waals surface area contributed by atoms with Gasteiger partial charge in [0.1, 0.15) is 11.8 Å². The number of halogens is 2. The number of hydrogen-bond acceptors (Lipinski definition) is 6. The Morgan fingerprint density at radius 2 is 1.94 bits per heavy atom. The molecule has 2 fully saturated rings. The number of piperidine rings is 1. The molecule has 9 nitrogen and oxygen atoms in total. The molecule has 0 aromatic carbocycles. The topological polar surface area (TPSA) is 107 Å². The average molecular weight is 456 g/mol. The number of pyridine rings is 2. The summed E-state index contributed by atoms with van der Waals surface area (Å²) in [5.74, 6) is -3.02. The van der Waals surface area contributed by atoms with Gasteiger partial charge in [-0.15, -0.1) is 0 Å². The molecule has 33 heavy (non-hydrogen) atoms. The first kappa shape index (κ1) is 21.3. The lowest BCUT2D eigenvalue weighted by Gasteiger charge is -2.31. The number of anilines is 1. The largest absolute Gasteiger partial charge is 0.443 e. The van der Waals surface area contributed by atoms with E-state index >= 15 is 0 Å². The minimum absolute atomic E-state index is 0.0211. The Morgan fingerprint density at radius 1 is 1.18 bits per heavy atom. The molecule has 2 aliphatic heterocycles. The number of likely N-dealkylation sites (tertiary alicyclic amines) is 1. The van der Waals surface area contributed by atoms with Crippen LogP contribution in [0.4, 0.5) is 19.3 Å². The van der Waals surface area contributed by atoms with Crippen LogP contribution in [0.5, 0.6) is 0 Å². The maximum absolute atomic E-state index is 13.4. The van der Waals surface area contributed by atoms with E-state index in [9.17, 15) is 18.4 Å². The van der Waals surface area contributed by atoms with Crippen molar-refractivity contribution in [2.75, 3.05) is 31.1 Å². The number of cyclic esters (lactones) is 1. The molecule has 0 saturated carbocycles. The molecule has 172 valence electrons. The predicted octanol–water partition coefficient (Wildman–Crippen LogP) is 2.58. The number of aromatic nitrogens is 3. The molecule has 2 amide bonds. The van der Waals surface area contributed by atoms with Gasteiger partial charge in [-0.25, -0.2) is 18.6 Å². The van der Waals surface area contributed by atoms with Gasteiger partial charge in [-0.2, -0.15) is 0 Å². The van der Waals surface area contributed by atoms with Gasteiger partial charge >= 0.3 is 6.09 Å². The van der Waals surface area contributed by atoms with Crippen molar-refractivity contribution in [1.29, 1.82) is 0 Å². The highest BCUT2D eigenvalue weighted by Crippen LogP contribution is 2.29. The van der Waals surface area contributed by atoms with Crippen molar-refractivity contribution >= 4 is 28.7 Å². The second-order valence-electron chi connectivity index (χ2n) is 8.22. The Bertz CT molecular complexity index is 1220. The van der Waals surface area contributed by atoms with Crippen molar-refractivity contribution in [2.45, 2.75) is 24.9 Å². The van der Waals surface area contributed by atoms with E-state index in [1.807, 2.05) is 6.07 Å². The van der Waals surface area contributed by atoms with E-state index in [0.29, 0.717) is 29.1 Å². The lowest BCUT2D eigenvalue weighted by Crippen LogP contribution is -2.42. The normalized spacial score (nSPS) is 20.3. The molecule has 0 spiro atoms. The average Bonchev–Trinajstić information content (AvgIpc) is 3.41. The van der Waals surface area contributed by atoms with E-state index in [1.165, 1.54) is 16.0 Å². The van der Waals surface area contributed by atoms with Crippen molar-refractivity contribution < 1.29 is 23.1 Å². The zero-order valence-electron chi connectivity index (χ0n) is 17.7. The molecule has 0 bridgehead atoms. The lowest BCUT2D eigenvalue weighted by atomic mass is 10.1. The van der Waals surface area contributed by atoms with Gasteiger partial charge < -0.3 is 15.4 Å². The number of nitrogens with zero attached hydrogens (tertiary/aromatic N) is 5. The van der Waals surface area contributed by atoms with Crippen LogP contribution in [0.25, 0.3) is 16.7 Å². The van der Waals surface area contributed by atoms with Gasteiger partial charge in [0.15, 0.2) is 0 Å². The first-order valence-corrected chi connectivity index (χ1v) is 10.6. The number of fused-ring (bicyclic) bond motifs is 1. The molecule has 5 rings (SSSR count). The van der Waals surface area contributed by atoms with Crippen molar-refractivity contribution in [3.63, 3.8) is 0 Å². The number of carbonyl (C=O) groups excluding carboxylic acids is 2. The molecular formula is C22H22F2N6O3. The third kappa shape index (κ3) is 3.99. The zero-order valence-corrected chi connectivity index (χ0v) is 17.7. The number of rotatable bonds is 4. The van der Waals surface area contributed by atoms with E-state index in [-0.39, 0.29) is 44.5 Å². The molecule has 2 aliphatic rings. The molecule has 3 aromatic heterocycles. The van der Waals surface area contributed by atoms with Gasteiger partial charge in [0, 0.05) is 50.3 Å². The highest BCUT2D eigenvalue weighted by Gasteiger charge is 2.36. The van der Waals surface area contributed by atoms with Crippen LogP contribution in [0.1, 0.15) is 23.2 Å². The summed E-state index contributed by atoms with van der Waals surface area (Å²) in [6.45, 7) is 0.627. The second-order valence-corrected chi connectivity index (χ2v) is 8.22. The highest BCUT2D eigenvalue weighted by atomic mass is 19.3. The number of carbonyl (C=O) groups is 2. The summed E-state index contributed by atoms with van der Waals surface area (Å²) in [4.78, 5) is 36.5. The summed E-state index contributed by atoms with van der Waals surface area (Å²) < 4.78 is 33.8. The fraction of sp³-hybridized carbons (Fsp3) is 0.364. The third-order valence-corrected chi connectivity index (χ3v) is 5.99. The van der Waals surface area contributed by atoms with Crippen LogP contribution < -0.4 is 10.6 Å². The van der Waals surface area contributed by atoms with E-state index in [2.05, 4.69) is 9.97 Å². The second kappa shape index (κ2) is 8.07. The van der Waals surface area contributed by atoms with Crippen LogP contribution in [0.15, 0.2) is 43.0 Å². The summed E-state index contributed by atoms with van der Waals surface area (Å²) in [6.07, 6.45) is 4.96. The van der Waals surface area contributed by atoms with Crippen LogP contribution in [0, 0.1) is 0 Å². The molecule has 3 aromatic rings. The van der Waals surface area contributed by atoms with Gasteiger partial charge in [0.05, 0.1) is 35.9 Å². The monoisotopic (exact) mass is 456 g/mol. The Morgan fingerprint density at radius 3 is 2.67 bits per heavy atom. The highest BCUT2D eigenvalue weighted by molar-refractivity contribution is 5.97. The molecule has 1 atom stereocenters. The number of hydrogen-bond donors (Lipinski definition) is 1. The maximum atomic E-state index is 13.4. The summed E-state index contributed by atoms with van der Waals surface area (Å²) in [5.41, 5.74) is 7.81.